The third kappa shape index (κ3) is 2.78. The lowest BCUT2D eigenvalue weighted by Crippen LogP contribution is -2.61. The number of rotatable bonds is 3. The zero-order valence-electron chi connectivity index (χ0n) is 17.7. The molecule has 5 rings (SSSR count). The monoisotopic (exact) mass is 459 g/mol. The molecule has 0 radical (unpaired) electrons. The maximum Gasteiger partial charge on any atom is 0.297 e. The first-order valence-corrected chi connectivity index (χ1v) is 11.3. The Kier molecular flexibility index (Phi) is 4.89. The number of hydrogen-bond acceptors (Lipinski definition) is 4. The molecule has 3 amide bonds. The number of carbonyl (C=O) groups excluding carboxylic acids is 4. The third-order valence-corrected chi connectivity index (χ3v) is 7.55. The third-order valence-electron chi connectivity index (χ3n) is 7.26. The van der Waals surface area contributed by atoms with Gasteiger partial charge in [0.05, 0.1) is 5.02 Å². The van der Waals surface area contributed by atoms with Crippen LogP contribution in [0.25, 0.3) is 0 Å². The summed E-state index contributed by atoms with van der Waals surface area (Å²) in [6.07, 6.45) is 3.21. The number of piperidine rings is 2. The van der Waals surface area contributed by atoms with Gasteiger partial charge in [0.15, 0.2) is 0 Å². The van der Waals surface area contributed by atoms with Gasteiger partial charge < -0.3 is 9.80 Å². The van der Waals surface area contributed by atoms with E-state index in [0.717, 1.165) is 12.8 Å². The molecular formula is C23H23ClFN3O4. The van der Waals surface area contributed by atoms with Crippen molar-refractivity contribution in [1.29, 1.82) is 0 Å². The summed E-state index contributed by atoms with van der Waals surface area (Å²) in [5.74, 6) is -4.12. The van der Waals surface area contributed by atoms with Crippen LogP contribution in [-0.4, -0.2) is 57.0 Å². The van der Waals surface area contributed by atoms with Crippen molar-refractivity contribution in [2.75, 3.05) is 13.1 Å². The summed E-state index contributed by atoms with van der Waals surface area (Å²) in [5.41, 5.74) is 0.512. The van der Waals surface area contributed by atoms with Crippen LogP contribution in [0.1, 0.15) is 44.6 Å². The molecule has 1 aromatic carbocycles. The van der Waals surface area contributed by atoms with Crippen LogP contribution in [-0.2, 0) is 25.7 Å². The standard InChI is InChI=1S/C23H23ClFN3O4/c1-2-23-8-3-4-9-27(23)21(31)18-14-7-10-26(12-13-5-6-16(25)15(24)11-13)20(30)17(14)19(29)22(32)28(18)23/h5-6,11,17H,2-4,7-10,12H2,1H3. The zero-order chi connectivity index (χ0) is 22.8. The first-order valence-electron chi connectivity index (χ1n) is 11.0. The van der Waals surface area contributed by atoms with Crippen LogP contribution in [0.3, 0.4) is 0 Å². The number of hydrogen-bond donors (Lipinski definition) is 0. The van der Waals surface area contributed by atoms with Gasteiger partial charge >= 0.3 is 0 Å². The van der Waals surface area contributed by atoms with Crippen LogP contribution in [0.15, 0.2) is 29.5 Å². The van der Waals surface area contributed by atoms with Crippen molar-refractivity contribution in [2.24, 2.45) is 5.92 Å². The van der Waals surface area contributed by atoms with E-state index in [1.807, 2.05) is 6.92 Å². The molecule has 7 nitrogen and oxygen atoms in total. The molecule has 1 aromatic rings. The number of amides is 3. The molecule has 32 heavy (non-hydrogen) atoms. The van der Waals surface area contributed by atoms with Gasteiger partial charge in [0.2, 0.25) is 11.7 Å². The minimum atomic E-state index is -1.27. The van der Waals surface area contributed by atoms with E-state index in [4.69, 9.17) is 11.6 Å². The smallest absolute Gasteiger partial charge is 0.297 e. The van der Waals surface area contributed by atoms with E-state index in [-0.39, 0.29) is 23.2 Å². The Balaban J connectivity index is 1.52. The van der Waals surface area contributed by atoms with E-state index >= 15 is 0 Å². The van der Waals surface area contributed by atoms with Gasteiger partial charge in [0, 0.05) is 19.6 Å². The fourth-order valence-electron chi connectivity index (χ4n) is 5.69. The van der Waals surface area contributed by atoms with E-state index in [9.17, 15) is 23.6 Å². The molecule has 0 spiro atoms. The topological polar surface area (TPSA) is 78.0 Å². The van der Waals surface area contributed by atoms with Gasteiger partial charge in [-0.25, -0.2) is 4.39 Å². The normalized spacial score (nSPS) is 27.7. The van der Waals surface area contributed by atoms with Crippen LogP contribution in [0.5, 0.6) is 0 Å². The van der Waals surface area contributed by atoms with Gasteiger partial charge in [-0.3, -0.25) is 24.1 Å². The fourth-order valence-corrected chi connectivity index (χ4v) is 5.89. The highest BCUT2D eigenvalue weighted by molar-refractivity contribution is 6.44. The fraction of sp³-hybridized carbons (Fsp3) is 0.478. The van der Waals surface area contributed by atoms with Crippen LogP contribution in [0.4, 0.5) is 4.39 Å². The first kappa shape index (κ1) is 21.1. The quantitative estimate of drug-likeness (QED) is 0.514. The van der Waals surface area contributed by atoms with Crippen molar-refractivity contribution in [2.45, 2.75) is 51.2 Å². The Morgan fingerprint density at radius 2 is 1.91 bits per heavy atom. The highest BCUT2D eigenvalue weighted by Gasteiger charge is 2.62. The molecule has 0 aliphatic carbocycles. The van der Waals surface area contributed by atoms with Crippen molar-refractivity contribution in [3.8, 4) is 0 Å². The van der Waals surface area contributed by atoms with Gasteiger partial charge in [-0.1, -0.05) is 24.6 Å². The predicted molar refractivity (Wildman–Crippen MR) is 112 cm³/mol. The first-order chi connectivity index (χ1) is 15.3. The van der Waals surface area contributed by atoms with Crippen LogP contribution >= 0.6 is 11.6 Å². The molecule has 2 unspecified atom stereocenters. The minimum absolute atomic E-state index is 0.0487. The molecule has 168 valence electrons. The second kappa shape index (κ2) is 7.40. The molecule has 0 bridgehead atoms. The molecule has 3 saturated heterocycles. The van der Waals surface area contributed by atoms with Crippen molar-refractivity contribution < 1.29 is 23.6 Å². The van der Waals surface area contributed by atoms with Gasteiger partial charge in [0.1, 0.15) is 23.1 Å². The van der Waals surface area contributed by atoms with Gasteiger partial charge in [-0.05, 0) is 55.4 Å². The molecule has 4 aliphatic rings. The summed E-state index contributed by atoms with van der Waals surface area (Å²) in [4.78, 5) is 57.7. The molecule has 4 aliphatic heterocycles. The molecule has 3 fully saturated rings. The summed E-state index contributed by atoms with van der Waals surface area (Å²) in [6.45, 7) is 2.90. The molecule has 0 saturated carbocycles. The predicted octanol–water partition coefficient (Wildman–Crippen LogP) is 2.63. The van der Waals surface area contributed by atoms with Gasteiger partial charge in [-0.2, -0.15) is 0 Å². The number of Topliss-reactive ketones (excluding diaryl/α,β-unsaturated/α-hetero) is 1. The largest absolute Gasteiger partial charge is 0.337 e. The van der Waals surface area contributed by atoms with E-state index in [0.29, 0.717) is 43.5 Å². The van der Waals surface area contributed by atoms with E-state index in [1.165, 1.54) is 28.0 Å². The lowest BCUT2D eigenvalue weighted by Gasteiger charge is -2.47. The van der Waals surface area contributed by atoms with Crippen molar-refractivity contribution in [3.63, 3.8) is 0 Å². The molecule has 9 heteroatoms. The Morgan fingerprint density at radius 3 is 2.62 bits per heavy atom. The summed E-state index contributed by atoms with van der Waals surface area (Å²) in [7, 11) is 0. The maximum atomic E-state index is 13.5. The number of halogens is 2. The average Bonchev–Trinajstić information content (AvgIpc) is 3.05. The zero-order valence-corrected chi connectivity index (χ0v) is 18.5. The Morgan fingerprint density at radius 1 is 1.12 bits per heavy atom. The van der Waals surface area contributed by atoms with E-state index in [1.54, 1.807) is 4.90 Å². The number of fused-ring (bicyclic) bond motifs is 4. The number of nitrogens with zero attached hydrogens (tertiary/aromatic N) is 3. The number of ketones is 1. The minimum Gasteiger partial charge on any atom is -0.337 e. The second-order valence-electron chi connectivity index (χ2n) is 8.82. The van der Waals surface area contributed by atoms with Crippen LogP contribution in [0.2, 0.25) is 5.02 Å². The Hall–Kier alpha value is -2.74. The molecule has 0 aromatic heterocycles. The van der Waals surface area contributed by atoms with Crippen LogP contribution < -0.4 is 0 Å². The highest BCUT2D eigenvalue weighted by atomic mass is 35.5. The molecule has 2 atom stereocenters. The lowest BCUT2D eigenvalue weighted by molar-refractivity contribution is -0.158. The number of likely N-dealkylation sites (tertiary alicyclic amines) is 1. The van der Waals surface area contributed by atoms with E-state index in [2.05, 4.69) is 0 Å². The Bertz CT molecular complexity index is 1100. The molecule has 0 N–H and O–H groups in total. The van der Waals surface area contributed by atoms with Crippen molar-refractivity contribution >= 4 is 35.1 Å². The lowest BCUT2D eigenvalue weighted by atomic mass is 9.81. The Labute approximate surface area is 189 Å². The van der Waals surface area contributed by atoms with Crippen LogP contribution in [0, 0.1) is 11.7 Å². The summed E-state index contributed by atoms with van der Waals surface area (Å²) >= 11 is 5.85. The number of benzene rings is 1. The van der Waals surface area contributed by atoms with Crippen molar-refractivity contribution in [3.05, 3.63) is 45.9 Å². The average molecular weight is 460 g/mol. The molecule has 4 heterocycles. The summed E-state index contributed by atoms with van der Waals surface area (Å²) in [6, 6.07) is 4.20. The van der Waals surface area contributed by atoms with Gasteiger partial charge in [0.25, 0.3) is 11.8 Å². The van der Waals surface area contributed by atoms with Gasteiger partial charge in [-0.15, -0.1) is 0 Å². The van der Waals surface area contributed by atoms with Crippen molar-refractivity contribution in [1.82, 2.24) is 14.7 Å². The molecular weight excluding hydrogens is 437 g/mol. The van der Waals surface area contributed by atoms with E-state index < -0.39 is 35.0 Å². The summed E-state index contributed by atoms with van der Waals surface area (Å²) < 4.78 is 13.5. The SMILES string of the molecule is CCC12CCCCN1C(=O)C1=C3CCN(Cc4ccc(F)c(Cl)c4)C(=O)C3C(=O)C(=O)N12. The highest BCUT2D eigenvalue weighted by Crippen LogP contribution is 2.48. The maximum absolute atomic E-state index is 13.5. The number of carbonyl (C=O) groups is 4. The second-order valence-corrected chi connectivity index (χ2v) is 9.23. The summed E-state index contributed by atoms with van der Waals surface area (Å²) in [5, 5.41) is -0.0487.